The summed E-state index contributed by atoms with van der Waals surface area (Å²) in [4.78, 5) is 22.8. The Morgan fingerprint density at radius 2 is 1.79 bits per heavy atom. The molecule has 2 aromatic rings. The van der Waals surface area contributed by atoms with Gasteiger partial charge in [0, 0.05) is 6.04 Å². The molecular weight excluding hydrogens is 417 g/mol. The molecule has 8 heteroatoms. The topological polar surface area (TPSA) is 87.7 Å². The van der Waals surface area contributed by atoms with Gasteiger partial charge in [-0.1, -0.05) is 29.7 Å². The van der Waals surface area contributed by atoms with Crippen LogP contribution in [0.25, 0.3) is 11.3 Å². The minimum Gasteiger partial charge on any atom is -0.444 e. The summed E-state index contributed by atoms with van der Waals surface area (Å²) in [6, 6.07) is 8.30. The second kappa shape index (κ2) is 8.17. The Morgan fingerprint density at radius 1 is 1.12 bits per heavy atom. The number of nitrogens with one attached hydrogen (secondary N) is 1. The van der Waals surface area contributed by atoms with Crippen molar-refractivity contribution in [1.29, 1.82) is 0 Å². The smallest absolute Gasteiger partial charge is 0.411 e. The lowest BCUT2D eigenvalue weighted by molar-refractivity contribution is -0.0893. The molecule has 1 saturated heterocycles. The molecular formula is C25H36BN3O4. The molecule has 178 valence electrons. The van der Waals surface area contributed by atoms with Gasteiger partial charge in [0.25, 0.3) is 0 Å². The van der Waals surface area contributed by atoms with Crippen LogP contribution in [0.4, 0.5) is 4.79 Å². The number of piperidine rings is 1. The van der Waals surface area contributed by atoms with E-state index >= 15 is 0 Å². The van der Waals surface area contributed by atoms with E-state index in [1.807, 2.05) is 70.0 Å². The van der Waals surface area contributed by atoms with Crippen molar-refractivity contribution in [2.45, 2.75) is 90.2 Å². The zero-order valence-electron chi connectivity index (χ0n) is 20.8. The fourth-order valence-corrected chi connectivity index (χ4v) is 4.15. The van der Waals surface area contributed by atoms with Crippen LogP contribution in [0.2, 0.25) is 0 Å². The van der Waals surface area contributed by atoms with E-state index < -0.39 is 16.8 Å². The number of aromatic nitrogens is 2. The molecule has 3 atom stereocenters. The van der Waals surface area contributed by atoms with Gasteiger partial charge in [0.15, 0.2) is 0 Å². The van der Waals surface area contributed by atoms with E-state index in [1.54, 1.807) is 13.8 Å². The lowest BCUT2D eigenvalue weighted by Crippen LogP contribution is -2.49. The van der Waals surface area contributed by atoms with Crippen molar-refractivity contribution < 1.29 is 19.3 Å². The van der Waals surface area contributed by atoms with Crippen LogP contribution in [0.1, 0.15) is 73.2 Å². The molecule has 7 nitrogen and oxygen atoms in total. The first-order valence-corrected chi connectivity index (χ1v) is 11.8. The van der Waals surface area contributed by atoms with Gasteiger partial charge in [0.1, 0.15) is 11.4 Å². The first kappa shape index (κ1) is 23.8. The Morgan fingerprint density at radius 3 is 2.39 bits per heavy atom. The largest absolute Gasteiger partial charge is 0.444 e. The van der Waals surface area contributed by atoms with Gasteiger partial charge in [-0.25, -0.2) is 9.78 Å². The van der Waals surface area contributed by atoms with Crippen molar-refractivity contribution in [1.82, 2.24) is 14.9 Å². The van der Waals surface area contributed by atoms with Gasteiger partial charge in [-0.2, -0.15) is 0 Å². The Kier molecular flexibility index (Phi) is 5.90. The number of fused-ring (bicyclic) bond motifs is 1. The summed E-state index contributed by atoms with van der Waals surface area (Å²) in [5.41, 5.74) is 0.850. The molecule has 0 radical (unpaired) electrons. The highest BCUT2D eigenvalue weighted by atomic mass is 16.6. The van der Waals surface area contributed by atoms with Crippen LogP contribution >= 0.6 is 0 Å². The monoisotopic (exact) mass is 453 g/mol. The van der Waals surface area contributed by atoms with Crippen LogP contribution < -0.4 is 5.46 Å². The molecule has 1 aromatic heterocycles. The molecule has 1 aliphatic heterocycles. The zero-order valence-corrected chi connectivity index (χ0v) is 20.8. The number of benzene rings is 1. The van der Waals surface area contributed by atoms with E-state index in [4.69, 9.17) is 9.39 Å². The number of carbonyl (C=O) groups is 1. The Labute approximate surface area is 197 Å². The predicted octanol–water partition coefficient (Wildman–Crippen LogP) is 3.69. The van der Waals surface area contributed by atoms with Crippen molar-refractivity contribution in [3.63, 3.8) is 0 Å². The lowest BCUT2D eigenvalue weighted by Gasteiger charge is -2.37. The number of aromatic amines is 1. The van der Waals surface area contributed by atoms with Gasteiger partial charge in [0.05, 0.1) is 29.1 Å². The van der Waals surface area contributed by atoms with Crippen molar-refractivity contribution in [3.05, 3.63) is 36.3 Å². The number of H-pyrrole nitrogens is 1. The fraction of sp³-hybridized carbons (Fsp3) is 0.600. The molecule has 0 bridgehead atoms. The van der Waals surface area contributed by atoms with E-state index in [9.17, 15) is 9.90 Å². The number of imidazole rings is 1. The molecule has 0 spiro atoms. The molecule has 2 heterocycles. The van der Waals surface area contributed by atoms with Crippen LogP contribution in [-0.2, 0) is 9.39 Å². The van der Waals surface area contributed by atoms with E-state index in [-0.39, 0.29) is 18.2 Å². The summed E-state index contributed by atoms with van der Waals surface area (Å²) in [5.74, 6) is 1.35. The molecule has 33 heavy (non-hydrogen) atoms. The first-order valence-electron chi connectivity index (χ1n) is 11.8. The number of amides is 1. The molecule has 2 aliphatic rings. The van der Waals surface area contributed by atoms with E-state index in [1.165, 1.54) is 0 Å². The number of aliphatic hydroxyl groups is 1. The van der Waals surface area contributed by atoms with Crippen molar-refractivity contribution in [3.8, 4) is 11.3 Å². The Balaban J connectivity index is 1.44. The summed E-state index contributed by atoms with van der Waals surface area (Å²) in [6.07, 6.45) is 3.55. The Bertz CT molecular complexity index is 1000. The maximum absolute atomic E-state index is 12.8. The van der Waals surface area contributed by atoms with Crippen molar-refractivity contribution in [2.75, 3.05) is 0 Å². The zero-order chi connectivity index (χ0) is 24.2. The number of carbonyl (C=O) groups excluding carboxylic acids is 1. The molecule has 4 rings (SSSR count). The van der Waals surface area contributed by atoms with Crippen LogP contribution in [0.5, 0.6) is 0 Å². The molecule has 2 N–H and O–H groups in total. The standard InChI is InChI=1S/C25H36BN3O4/c1-23(2,3)32-22(30)29-19-12-16(19)13-20(29)21-27-14-18(28-21)15-8-10-17(11-9-15)26-33-25(6,7)24(4,5)31/h8-11,14,16,19-20,26,31H,12-13H2,1-7H3,(H,27,28)/t16?,19-,20+/m1/s1. The second-order valence-corrected chi connectivity index (χ2v) is 11.4. The predicted molar refractivity (Wildman–Crippen MR) is 130 cm³/mol. The number of hydrogen-bond donors (Lipinski definition) is 2. The minimum atomic E-state index is -0.937. The summed E-state index contributed by atoms with van der Waals surface area (Å²) < 4.78 is 11.6. The van der Waals surface area contributed by atoms with Crippen LogP contribution in [0, 0.1) is 5.92 Å². The number of rotatable bonds is 6. The molecule has 2 fully saturated rings. The van der Waals surface area contributed by atoms with Crippen LogP contribution in [0.15, 0.2) is 30.5 Å². The van der Waals surface area contributed by atoms with Gasteiger partial charge in [-0.3, -0.25) is 4.90 Å². The Hall–Kier alpha value is -2.32. The molecule has 1 aromatic carbocycles. The molecule has 1 amide bonds. The maximum Gasteiger partial charge on any atom is 0.411 e. The highest BCUT2D eigenvalue weighted by molar-refractivity contribution is 6.47. The second-order valence-electron chi connectivity index (χ2n) is 11.4. The molecule has 1 aliphatic carbocycles. The summed E-state index contributed by atoms with van der Waals surface area (Å²) >= 11 is 0. The average molecular weight is 453 g/mol. The van der Waals surface area contributed by atoms with Gasteiger partial charge in [-0.15, -0.1) is 0 Å². The SMILES string of the molecule is CC(C)(C)OC(=O)N1[C@@H]2CC2C[C@H]1c1ncc(-c2ccc(BOC(C)(C)C(C)(C)O)cc2)[nH]1. The maximum atomic E-state index is 12.8. The van der Waals surface area contributed by atoms with Gasteiger partial charge in [-0.05, 0) is 72.8 Å². The first-order chi connectivity index (χ1) is 15.2. The third-order valence-corrected chi connectivity index (χ3v) is 6.96. The van der Waals surface area contributed by atoms with Crippen molar-refractivity contribution >= 4 is 19.0 Å². The van der Waals surface area contributed by atoms with Crippen LogP contribution in [0.3, 0.4) is 0 Å². The molecule has 1 saturated carbocycles. The third-order valence-electron chi connectivity index (χ3n) is 6.96. The normalized spacial score (nSPS) is 22.8. The average Bonchev–Trinajstić information content (AvgIpc) is 3.12. The van der Waals surface area contributed by atoms with Gasteiger partial charge < -0.3 is 19.5 Å². The highest BCUT2D eigenvalue weighted by Crippen LogP contribution is 2.53. The lowest BCUT2D eigenvalue weighted by atomic mass is 9.82. The van der Waals surface area contributed by atoms with E-state index in [2.05, 4.69) is 9.97 Å². The van der Waals surface area contributed by atoms with Crippen LogP contribution in [-0.4, -0.2) is 56.4 Å². The number of nitrogens with zero attached hydrogens (tertiary/aromatic N) is 2. The summed E-state index contributed by atoms with van der Waals surface area (Å²) in [7, 11) is 0.418. The number of hydrogen-bond acceptors (Lipinski definition) is 5. The third kappa shape index (κ3) is 5.12. The quantitative estimate of drug-likeness (QED) is 0.652. The van der Waals surface area contributed by atoms with Crippen molar-refractivity contribution in [2.24, 2.45) is 5.92 Å². The van der Waals surface area contributed by atoms with E-state index in [0.717, 1.165) is 35.4 Å². The summed E-state index contributed by atoms with van der Waals surface area (Å²) in [5, 5.41) is 10.3. The molecule has 1 unspecified atom stereocenters. The number of likely N-dealkylation sites (tertiary alicyclic amines) is 1. The van der Waals surface area contributed by atoms with Gasteiger partial charge in [0.2, 0.25) is 0 Å². The number of ether oxygens (including phenoxy) is 1. The van der Waals surface area contributed by atoms with E-state index in [0.29, 0.717) is 13.4 Å². The fourth-order valence-electron chi connectivity index (χ4n) is 4.15. The highest BCUT2D eigenvalue weighted by Gasteiger charge is 2.56. The van der Waals surface area contributed by atoms with Gasteiger partial charge >= 0.3 is 13.6 Å². The minimum absolute atomic E-state index is 0.0749. The summed E-state index contributed by atoms with van der Waals surface area (Å²) in [6.45, 7) is 13.0.